The average Bonchev–Trinajstić information content (AvgIpc) is 3.12. The summed E-state index contributed by atoms with van der Waals surface area (Å²) in [6.07, 6.45) is 0. The minimum absolute atomic E-state index is 0.622. The van der Waals surface area contributed by atoms with Crippen LogP contribution in [0.4, 0.5) is 0 Å². The maximum atomic E-state index is 6.34. The molecule has 0 aliphatic heterocycles. The lowest BCUT2D eigenvalue weighted by molar-refractivity contribution is 0.880. The maximum absolute atomic E-state index is 6.34. The summed E-state index contributed by atoms with van der Waals surface area (Å²) in [7, 11) is 0. The smallest absolute Gasteiger partial charge is 0.196 e. The molecular formula is C22H16Cl3N3S. The predicted octanol–water partition coefficient (Wildman–Crippen LogP) is 7.50. The molecule has 0 unspecified atom stereocenters. The summed E-state index contributed by atoms with van der Waals surface area (Å²) >= 11 is 20.0. The maximum Gasteiger partial charge on any atom is 0.196 e. The molecule has 0 saturated carbocycles. The molecule has 0 N–H and O–H groups in total. The summed E-state index contributed by atoms with van der Waals surface area (Å²) in [4.78, 5) is 0. The molecule has 0 bridgehead atoms. The molecule has 0 aliphatic carbocycles. The van der Waals surface area contributed by atoms with Crippen LogP contribution in [0.15, 0.2) is 71.9 Å². The van der Waals surface area contributed by atoms with Crippen molar-refractivity contribution in [1.82, 2.24) is 14.8 Å². The van der Waals surface area contributed by atoms with Crippen molar-refractivity contribution in [2.45, 2.75) is 17.8 Å². The first-order chi connectivity index (χ1) is 14.0. The molecule has 0 fully saturated rings. The number of hydrogen-bond acceptors (Lipinski definition) is 3. The first kappa shape index (κ1) is 20.3. The van der Waals surface area contributed by atoms with Crippen LogP contribution in [-0.4, -0.2) is 14.8 Å². The number of halogens is 3. The Morgan fingerprint density at radius 2 is 1.59 bits per heavy atom. The lowest BCUT2D eigenvalue weighted by atomic mass is 10.1. The van der Waals surface area contributed by atoms with Crippen LogP contribution >= 0.6 is 46.6 Å². The highest BCUT2D eigenvalue weighted by atomic mass is 35.5. The Kier molecular flexibility index (Phi) is 6.16. The summed E-state index contributed by atoms with van der Waals surface area (Å²) in [6, 6.07) is 21.3. The van der Waals surface area contributed by atoms with Gasteiger partial charge in [-0.1, -0.05) is 70.8 Å². The fourth-order valence-electron chi connectivity index (χ4n) is 2.96. The fraction of sp³-hybridized carbons (Fsp3) is 0.0909. The van der Waals surface area contributed by atoms with Crippen molar-refractivity contribution in [2.75, 3.05) is 0 Å². The van der Waals surface area contributed by atoms with Gasteiger partial charge in [-0.15, -0.1) is 10.2 Å². The Hall–Kier alpha value is -1.98. The van der Waals surface area contributed by atoms with Crippen LogP contribution < -0.4 is 0 Å². The van der Waals surface area contributed by atoms with E-state index in [-0.39, 0.29) is 0 Å². The van der Waals surface area contributed by atoms with Gasteiger partial charge in [0.05, 0.1) is 5.69 Å². The Morgan fingerprint density at radius 3 is 2.31 bits per heavy atom. The highest BCUT2D eigenvalue weighted by Crippen LogP contribution is 2.33. The van der Waals surface area contributed by atoms with E-state index >= 15 is 0 Å². The van der Waals surface area contributed by atoms with E-state index in [1.165, 1.54) is 0 Å². The number of thioether (sulfide) groups is 1. The number of aryl methyl sites for hydroxylation is 1. The van der Waals surface area contributed by atoms with Crippen molar-refractivity contribution in [2.24, 2.45) is 0 Å². The second-order valence-electron chi connectivity index (χ2n) is 6.46. The number of benzene rings is 3. The molecule has 0 aliphatic rings. The topological polar surface area (TPSA) is 30.7 Å². The van der Waals surface area contributed by atoms with Crippen molar-refractivity contribution in [3.63, 3.8) is 0 Å². The Labute approximate surface area is 188 Å². The summed E-state index contributed by atoms with van der Waals surface area (Å²) in [6.45, 7) is 2.07. The largest absolute Gasteiger partial charge is 0.270 e. The fourth-order valence-corrected chi connectivity index (χ4v) is 4.59. The van der Waals surface area contributed by atoms with Gasteiger partial charge in [0, 0.05) is 26.4 Å². The molecule has 3 nitrogen and oxygen atoms in total. The van der Waals surface area contributed by atoms with E-state index in [9.17, 15) is 0 Å². The molecule has 3 aromatic carbocycles. The predicted molar refractivity (Wildman–Crippen MR) is 123 cm³/mol. The van der Waals surface area contributed by atoms with Crippen LogP contribution in [0.1, 0.15) is 11.1 Å². The highest BCUT2D eigenvalue weighted by Gasteiger charge is 2.18. The summed E-state index contributed by atoms with van der Waals surface area (Å²) in [5.74, 6) is 1.42. The van der Waals surface area contributed by atoms with E-state index in [0.29, 0.717) is 20.8 Å². The summed E-state index contributed by atoms with van der Waals surface area (Å²) < 4.78 is 2.08. The molecule has 1 heterocycles. The zero-order valence-electron chi connectivity index (χ0n) is 15.4. The van der Waals surface area contributed by atoms with Crippen molar-refractivity contribution < 1.29 is 0 Å². The molecule has 29 heavy (non-hydrogen) atoms. The Bertz CT molecular complexity index is 1160. The zero-order chi connectivity index (χ0) is 20.4. The normalized spacial score (nSPS) is 11.0. The van der Waals surface area contributed by atoms with Gasteiger partial charge in [-0.3, -0.25) is 4.57 Å². The molecule has 4 rings (SSSR count). The summed E-state index contributed by atoms with van der Waals surface area (Å²) in [5, 5.41) is 11.7. The SMILES string of the molecule is Cc1ccccc1-n1c(SCc2ccc(Cl)cc2Cl)nnc1-c1ccc(Cl)cc1. The highest BCUT2D eigenvalue weighted by molar-refractivity contribution is 7.98. The molecule has 0 amide bonds. The summed E-state index contributed by atoms with van der Waals surface area (Å²) in [5.41, 5.74) is 4.11. The Morgan fingerprint density at radius 1 is 0.862 bits per heavy atom. The third-order valence-electron chi connectivity index (χ3n) is 4.46. The van der Waals surface area contributed by atoms with Crippen LogP contribution in [0, 0.1) is 6.92 Å². The molecule has 1 aromatic heterocycles. The van der Waals surface area contributed by atoms with Gasteiger partial charge < -0.3 is 0 Å². The Balaban J connectivity index is 1.76. The number of aromatic nitrogens is 3. The monoisotopic (exact) mass is 459 g/mol. The van der Waals surface area contributed by atoms with Crippen molar-refractivity contribution in [1.29, 1.82) is 0 Å². The van der Waals surface area contributed by atoms with Gasteiger partial charge >= 0.3 is 0 Å². The van der Waals surface area contributed by atoms with Gasteiger partial charge in [-0.2, -0.15) is 0 Å². The molecule has 0 saturated heterocycles. The van der Waals surface area contributed by atoms with Gasteiger partial charge in [0.1, 0.15) is 0 Å². The minimum atomic E-state index is 0.622. The van der Waals surface area contributed by atoms with Crippen molar-refractivity contribution in [3.8, 4) is 17.1 Å². The molecule has 146 valence electrons. The van der Waals surface area contributed by atoms with Crippen LogP contribution in [0.3, 0.4) is 0 Å². The standard InChI is InChI=1S/C22H16Cl3N3S/c1-14-4-2-3-5-20(14)28-21(15-6-9-17(23)10-7-15)26-27-22(28)29-13-16-8-11-18(24)12-19(16)25/h2-12H,13H2,1H3. The van der Waals surface area contributed by atoms with Gasteiger partial charge in [0.15, 0.2) is 11.0 Å². The lowest BCUT2D eigenvalue weighted by Crippen LogP contribution is -2.02. The van der Waals surface area contributed by atoms with Gasteiger partial charge in [-0.05, 0) is 60.5 Å². The lowest BCUT2D eigenvalue weighted by Gasteiger charge is -2.13. The molecule has 0 radical (unpaired) electrons. The van der Waals surface area contributed by atoms with Gasteiger partial charge in [0.2, 0.25) is 0 Å². The van der Waals surface area contributed by atoms with E-state index in [1.807, 2.05) is 48.5 Å². The van der Waals surface area contributed by atoms with E-state index in [1.54, 1.807) is 17.8 Å². The van der Waals surface area contributed by atoms with Crippen LogP contribution in [-0.2, 0) is 5.75 Å². The average molecular weight is 461 g/mol. The van der Waals surface area contributed by atoms with Crippen LogP contribution in [0.25, 0.3) is 17.1 Å². The minimum Gasteiger partial charge on any atom is -0.270 e. The number of rotatable bonds is 5. The number of nitrogens with zero attached hydrogens (tertiary/aromatic N) is 3. The van der Waals surface area contributed by atoms with Crippen molar-refractivity contribution >= 4 is 46.6 Å². The third kappa shape index (κ3) is 4.46. The van der Waals surface area contributed by atoms with Crippen LogP contribution in [0.5, 0.6) is 0 Å². The molecule has 7 heteroatoms. The van der Waals surface area contributed by atoms with Gasteiger partial charge in [0.25, 0.3) is 0 Å². The van der Waals surface area contributed by atoms with Crippen LogP contribution in [0.2, 0.25) is 15.1 Å². The van der Waals surface area contributed by atoms with Crippen molar-refractivity contribution in [3.05, 3.63) is 92.9 Å². The van der Waals surface area contributed by atoms with E-state index in [4.69, 9.17) is 34.8 Å². The second kappa shape index (κ2) is 8.80. The molecule has 0 atom stereocenters. The van der Waals surface area contributed by atoms with Gasteiger partial charge in [-0.25, -0.2) is 0 Å². The molecule has 4 aromatic rings. The zero-order valence-corrected chi connectivity index (χ0v) is 18.5. The first-order valence-electron chi connectivity index (χ1n) is 8.87. The quantitative estimate of drug-likeness (QED) is 0.289. The first-order valence-corrected chi connectivity index (χ1v) is 11.0. The molecular weight excluding hydrogens is 445 g/mol. The third-order valence-corrected chi connectivity index (χ3v) is 6.28. The number of para-hydroxylation sites is 1. The second-order valence-corrected chi connectivity index (χ2v) is 8.68. The van der Waals surface area contributed by atoms with E-state index in [2.05, 4.69) is 33.8 Å². The number of hydrogen-bond donors (Lipinski definition) is 0. The van der Waals surface area contributed by atoms with E-state index < -0.39 is 0 Å². The van der Waals surface area contributed by atoms with E-state index in [0.717, 1.165) is 33.4 Å². The molecule has 0 spiro atoms.